The molecule has 4 rings (SSSR count). The van der Waals surface area contributed by atoms with Gasteiger partial charge >= 0.3 is 0 Å². The van der Waals surface area contributed by atoms with E-state index < -0.39 is 6.10 Å². The van der Waals surface area contributed by atoms with Gasteiger partial charge in [-0.15, -0.1) is 0 Å². The van der Waals surface area contributed by atoms with E-state index in [0.29, 0.717) is 18.2 Å². The summed E-state index contributed by atoms with van der Waals surface area (Å²) in [6.45, 7) is 0.456. The molecular formula is C26H28BrN3O2. The summed E-state index contributed by atoms with van der Waals surface area (Å²) in [4.78, 5) is 18.8. The van der Waals surface area contributed by atoms with E-state index in [1.165, 1.54) is 5.56 Å². The van der Waals surface area contributed by atoms with Crippen LogP contribution in [0.5, 0.6) is 0 Å². The predicted octanol–water partition coefficient (Wildman–Crippen LogP) is 4.51. The first-order valence-electron chi connectivity index (χ1n) is 10.9. The third kappa shape index (κ3) is 5.63. The van der Waals surface area contributed by atoms with Crippen molar-refractivity contribution in [2.45, 2.75) is 44.0 Å². The van der Waals surface area contributed by atoms with Crippen LogP contribution in [0.1, 0.15) is 46.1 Å². The van der Waals surface area contributed by atoms with Crippen LogP contribution in [-0.2, 0) is 13.0 Å². The second kappa shape index (κ2) is 10.4. The number of amides is 1. The Morgan fingerprint density at radius 3 is 2.62 bits per heavy atom. The number of rotatable bonds is 7. The number of hydrogen-bond acceptors (Lipinski definition) is 4. The molecule has 0 aliphatic carbocycles. The standard InChI is InChI=1S/C26H28BrN3O2/c1-30(17-23-16-21(27)13-14-28-23)26(32)20-9-7-18(8-10-20)15-22-11-12-24(29-22)25(31)19-5-3-2-4-6-19/h2-10,13-14,16,22,24-25,29,31H,11-12,15,17H2,1H3/t22-,24+,25+/m0/s1. The fourth-order valence-electron chi connectivity index (χ4n) is 4.28. The third-order valence-corrected chi connectivity index (χ3v) is 6.50. The van der Waals surface area contributed by atoms with Gasteiger partial charge in [0.1, 0.15) is 0 Å². The molecule has 0 unspecified atom stereocenters. The van der Waals surface area contributed by atoms with Crippen molar-refractivity contribution in [1.29, 1.82) is 0 Å². The van der Waals surface area contributed by atoms with Crippen LogP contribution in [0.15, 0.2) is 77.4 Å². The molecule has 2 aromatic carbocycles. The van der Waals surface area contributed by atoms with Crippen LogP contribution < -0.4 is 5.32 Å². The predicted molar refractivity (Wildman–Crippen MR) is 129 cm³/mol. The van der Waals surface area contributed by atoms with Crippen LogP contribution in [-0.4, -0.2) is 40.0 Å². The monoisotopic (exact) mass is 493 g/mol. The minimum absolute atomic E-state index is 0.0247. The molecule has 1 aliphatic heterocycles. The van der Waals surface area contributed by atoms with E-state index in [9.17, 15) is 9.90 Å². The summed E-state index contributed by atoms with van der Waals surface area (Å²) >= 11 is 3.44. The lowest BCUT2D eigenvalue weighted by Gasteiger charge is -2.20. The van der Waals surface area contributed by atoms with Gasteiger partial charge in [-0.2, -0.15) is 0 Å². The molecule has 0 saturated carbocycles. The van der Waals surface area contributed by atoms with Gasteiger partial charge in [-0.05, 0) is 54.7 Å². The molecule has 2 heterocycles. The minimum atomic E-state index is -0.489. The molecule has 3 aromatic rings. The van der Waals surface area contributed by atoms with E-state index in [4.69, 9.17) is 0 Å². The highest BCUT2D eigenvalue weighted by molar-refractivity contribution is 9.10. The molecular weight excluding hydrogens is 466 g/mol. The van der Waals surface area contributed by atoms with Crippen molar-refractivity contribution in [2.75, 3.05) is 7.05 Å². The van der Waals surface area contributed by atoms with Crippen molar-refractivity contribution in [1.82, 2.24) is 15.2 Å². The number of hydrogen-bond donors (Lipinski definition) is 2. The van der Waals surface area contributed by atoms with Gasteiger partial charge in [0.25, 0.3) is 5.91 Å². The van der Waals surface area contributed by atoms with Gasteiger partial charge < -0.3 is 15.3 Å². The van der Waals surface area contributed by atoms with Gasteiger partial charge in [0.15, 0.2) is 0 Å². The molecule has 166 valence electrons. The first-order valence-corrected chi connectivity index (χ1v) is 11.7. The second-order valence-corrected chi connectivity index (χ2v) is 9.35. The van der Waals surface area contributed by atoms with Crippen molar-refractivity contribution in [2.24, 2.45) is 0 Å². The summed E-state index contributed by atoms with van der Waals surface area (Å²) in [5.41, 5.74) is 3.65. The molecule has 5 nitrogen and oxygen atoms in total. The number of aromatic nitrogens is 1. The topological polar surface area (TPSA) is 65.5 Å². The Kier molecular flexibility index (Phi) is 7.35. The molecule has 1 fully saturated rings. The van der Waals surface area contributed by atoms with Gasteiger partial charge in [-0.1, -0.05) is 58.4 Å². The zero-order valence-corrected chi connectivity index (χ0v) is 19.7. The second-order valence-electron chi connectivity index (χ2n) is 8.43. The Balaban J connectivity index is 1.31. The highest BCUT2D eigenvalue weighted by atomic mass is 79.9. The number of benzene rings is 2. The van der Waals surface area contributed by atoms with Gasteiger partial charge in [-0.25, -0.2) is 0 Å². The van der Waals surface area contributed by atoms with Crippen molar-refractivity contribution in [3.8, 4) is 0 Å². The molecule has 0 radical (unpaired) electrons. The molecule has 1 saturated heterocycles. The summed E-state index contributed by atoms with van der Waals surface area (Å²) in [6.07, 6.45) is 4.09. The maximum Gasteiger partial charge on any atom is 0.253 e. The minimum Gasteiger partial charge on any atom is -0.387 e. The van der Waals surface area contributed by atoms with E-state index in [1.807, 2.05) is 66.7 Å². The first-order chi connectivity index (χ1) is 15.5. The van der Waals surface area contributed by atoms with E-state index in [1.54, 1.807) is 18.1 Å². The quantitative estimate of drug-likeness (QED) is 0.507. The molecule has 1 aromatic heterocycles. The third-order valence-electron chi connectivity index (χ3n) is 6.01. The van der Waals surface area contributed by atoms with Gasteiger partial charge in [0.2, 0.25) is 0 Å². The lowest BCUT2D eigenvalue weighted by atomic mass is 10.0. The summed E-state index contributed by atoms with van der Waals surface area (Å²) in [5.74, 6) is -0.0247. The molecule has 32 heavy (non-hydrogen) atoms. The van der Waals surface area contributed by atoms with Crippen LogP contribution >= 0.6 is 15.9 Å². The van der Waals surface area contributed by atoms with Gasteiger partial charge in [-0.3, -0.25) is 9.78 Å². The van der Waals surface area contributed by atoms with E-state index in [-0.39, 0.29) is 11.9 Å². The maximum absolute atomic E-state index is 12.8. The number of pyridine rings is 1. The summed E-state index contributed by atoms with van der Waals surface area (Å²) < 4.78 is 0.951. The van der Waals surface area contributed by atoms with Crippen LogP contribution in [0.3, 0.4) is 0 Å². The normalized spacial score (nSPS) is 19.0. The molecule has 0 spiro atoms. The summed E-state index contributed by atoms with van der Waals surface area (Å²) in [7, 11) is 1.79. The molecule has 1 aliphatic rings. The Labute approximate surface area is 197 Å². The van der Waals surface area contributed by atoms with Crippen LogP contribution in [0, 0.1) is 0 Å². The number of nitrogens with zero attached hydrogens (tertiary/aromatic N) is 2. The summed E-state index contributed by atoms with van der Waals surface area (Å²) in [5, 5.41) is 14.3. The number of halogens is 1. The van der Waals surface area contributed by atoms with Gasteiger partial charge in [0, 0.05) is 35.4 Å². The van der Waals surface area contributed by atoms with Crippen LogP contribution in [0.4, 0.5) is 0 Å². The van der Waals surface area contributed by atoms with E-state index in [2.05, 4.69) is 26.2 Å². The Bertz CT molecular complexity index is 1040. The van der Waals surface area contributed by atoms with E-state index in [0.717, 1.165) is 35.0 Å². The first kappa shape index (κ1) is 22.6. The van der Waals surface area contributed by atoms with Crippen molar-refractivity contribution >= 4 is 21.8 Å². The maximum atomic E-state index is 12.8. The number of aliphatic hydroxyl groups excluding tert-OH is 1. The van der Waals surface area contributed by atoms with Crippen LogP contribution in [0.25, 0.3) is 0 Å². The zero-order chi connectivity index (χ0) is 22.5. The van der Waals surface area contributed by atoms with Gasteiger partial charge in [0.05, 0.1) is 18.3 Å². The highest BCUT2D eigenvalue weighted by Gasteiger charge is 2.29. The Morgan fingerprint density at radius 1 is 1.16 bits per heavy atom. The smallest absolute Gasteiger partial charge is 0.253 e. The number of aliphatic hydroxyl groups is 1. The molecule has 6 heteroatoms. The average molecular weight is 494 g/mol. The zero-order valence-electron chi connectivity index (χ0n) is 18.1. The fourth-order valence-corrected chi connectivity index (χ4v) is 4.66. The molecule has 1 amide bonds. The Hall–Kier alpha value is -2.54. The van der Waals surface area contributed by atoms with Crippen molar-refractivity contribution in [3.63, 3.8) is 0 Å². The number of carbonyl (C=O) groups excluding carboxylic acids is 1. The highest BCUT2D eigenvalue weighted by Crippen LogP contribution is 2.26. The fraction of sp³-hybridized carbons (Fsp3) is 0.308. The SMILES string of the molecule is CN(Cc1cc(Br)ccn1)C(=O)c1ccc(C[C@@H]2CC[C@H]([C@H](O)c3ccccc3)N2)cc1. The average Bonchev–Trinajstić information content (AvgIpc) is 3.27. The van der Waals surface area contributed by atoms with Crippen molar-refractivity contribution < 1.29 is 9.90 Å². The van der Waals surface area contributed by atoms with Crippen molar-refractivity contribution in [3.05, 3.63) is 99.8 Å². The Morgan fingerprint density at radius 2 is 1.91 bits per heavy atom. The largest absolute Gasteiger partial charge is 0.387 e. The molecule has 3 atom stereocenters. The van der Waals surface area contributed by atoms with Crippen LogP contribution in [0.2, 0.25) is 0 Å². The van der Waals surface area contributed by atoms with E-state index >= 15 is 0 Å². The lowest BCUT2D eigenvalue weighted by Crippen LogP contribution is -2.35. The molecule has 0 bridgehead atoms. The lowest BCUT2D eigenvalue weighted by molar-refractivity contribution is 0.0783. The molecule has 2 N–H and O–H groups in total. The number of nitrogens with one attached hydrogen (secondary N) is 1. The summed E-state index contributed by atoms with van der Waals surface area (Å²) in [6, 6.07) is 21.9. The number of carbonyl (C=O) groups is 1.